The van der Waals surface area contributed by atoms with Crippen LogP contribution in [0.15, 0.2) is 0 Å². The maximum Gasteiger partial charge on any atom is 0.245 e. The van der Waals surface area contributed by atoms with Gasteiger partial charge >= 0.3 is 0 Å². The first-order valence-corrected chi connectivity index (χ1v) is 7.98. The third-order valence-electron chi connectivity index (χ3n) is 4.69. The molecule has 0 saturated carbocycles. The number of rotatable bonds is 4. The average molecular weight is 297 g/mol. The van der Waals surface area contributed by atoms with Gasteiger partial charge in [-0.3, -0.25) is 9.59 Å². The minimum absolute atomic E-state index is 0.0560. The summed E-state index contributed by atoms with van der Waals surface area (Å²) in [4.78, 5) is 28.7. The number of carbonyl (C=O) groups excluding carboxylic acids is 2. The predicted octanol–water partition coefficient (Wildman–Crippen LogP) is 0.210. The molecule has 0 aromatic heterocycles. The molecule has 0 bridgehead atoms. The Kier molecular flexibility index (Phi) is 5.58. The zero-order valence-corrected chi connectivity index (χ0v) is 13.1. The highest BCUT2D eigenvalue weighted by molar-refractivity contribution is 5.90. The van der Waals surface area contributed by atoms with Crippen molar-refractivity contribution in [1.82, 2.24) is 9.80 Å². The van der Waals surface area contributed by atoms with Crippen LogP contribution >= 0.6 is 0 Å². The van der Waals surface area contributed by atoms with Gasteiger partial charge in [0.25, 0.3) is 0 Å². The Balaban J connectivity index is 2.02. The van der Waals surface area contributed by atoms with E-state index in [0.717, 1.165) is 19.3 Å². The lowest BCUT2D eigenvalue weighted by Crippen LogP contribution is -2.55. The van der Waals surface area contributed by atoms with Gasteiger partial charge in [-0.05, 0) is 18.8 Å². The normalized spacial score (nSPS) is 25.8. The Bertz CT molecular complexity index is 362. The van der Waals surface area contributed by atoms with Crippen LogP contribution in [0.5, 0.6) is 0 Å². The van der Waals surface area contributed by atoms with E-state index >= 15 is 0 Å². The van der Waals surface area contributed by atoms with Crippen molar-refractivity contribution in [3.05, 3.63) is 0 Å². The van der Waals surface area contributed by atoms with Crippen molar-refractivity contribution < 1.29 is 14.3 Å². The van der Waals surface area contributed by atoms with Crippen LogP contribution in [0, 0.1) is 5.92 Å². The number of ether oxygens (including phenoxy) is 1. The first kappa shape index (κ1) is 16.2. The van der Waals surface area contributed by atoms with Gasteiger partial charge in [-0.15, -0.1) is 0 Å². The smallest absolute Gasteiger partial charge is 0.245 e. The fourth-order valence-electron chi connectivity index (χ4n) is 2.97. The van der Waals surface area contributed by atoms with Crippen LogP contribution in [0.2, 0.25) is 0 Å². The predicted molar refractivity (Wildman–Crippen MR) is 79.6 cm³/mol. The van der Waals surface area contributed by atoms with Gasteiger partial charge in [0.05, 0.1) is 19.3 Å². The Labute approximate surface area is 126 Å². The lowest BCUT2D eigenvalue weighted by atomic mass is 9.98. The molecule has 2 N–H and O–H groups in total. The van der Waals surface area contributed by atoms with Crippen molar-refractivity contribution >= 4 is 11.8 Å². The highest BCUT2D eigenvalue weighted by atomic mass is 16.5. The number of hydrogen-bond donors (Lipinski definition) is 1. The minimum Gasteiger partial charge on any atom is -0.378 e. The van der Waals surface area contributed by atoms with E-state index in [-0.39, 0.29) is 23.8 Å². The number of hydrogen-bond acceptors (Lipinski definition) is 4. The summed E-state index contributed by atoms with van der Waals surface area (Å²) in [6.07, 6.45) is 2.48. The summed E-state index contributed by atoms with van der Waals surface area (Å²) in [5.41, 5.74) is 6.06. The lowest BCUT2D eigenvalue weighted by molar-refractivity contribution is -0.147. The zero-order chi connectivity index (χ0) is 15.4. The van der Waals surface area contributed by atoms with Crippen molar-refractivity contribution in [2.75, 3.05) is 32.8 Å². The van der Waals surface area contributed by atoms with E-state index in [1.165, 1.54) is 0 Å². The molecule has 2 saturated heterocycles. The first-order chi connectivity index (χ1) is 10.1. The fraction of sp³-hybridized carbons (Fsp3) is 0.867. The van der Waals surface area contributed by atoms with Gasteiger partial charge in [0.2, 0.25) is 11.8 Å². The quantitative estimate of drug-likeness (QED) is 0.805. The van der Waals surface area contributed by atoms with E-state index in [1.54, 1.807) is 4.90 Å². The maximum atomic E-state index is 12.6. The molecule has 2 aliphatic rings. The Hall–Kier alpha value is -1.14. The van der Waals surface area contributed by atoms with E-state index in [4.69, 9.17) is 10.5 Å². The van der Waals surface area contributed by atoms with Gasteiger partial charge in [0.1, 0.15) is 6.04 Å². The average Bonchev–Trinajstić information content (AvgIpc) is 3.02. The van der Waals surface area contributed by atoms with Crippen molar-refractivity contribution in [2.45, 2.75) is 45.2 Å². The van der Waals surface area contributed by atoms with Gasteiger partial charge in [-0.25, -0.2) is 0 Å². The van der Waals surface area contributed by atoms with Gasteiger partial charge in [-0.1, -0.05) is 20.3 Å². The third-order valence-corrected chi connectivity index (χ3v) is 4.69. The van der Waals surface area contributed by atoms with E-state index < -0.39 is 6.04 Å². The molecule has 2 aliphatic heterocycles. The molecule has 0 spiro atoms. The van der Waals surface area contributed by atoms with Gasteiger partial charge < -0.3 is 20.3 Å². The molecule has 3 unspecified atom stereocenters. The Morgan fingerprint density at radius 2 is 1.95 bits per heavy atom. The van der Waals surface area contributed by atoms with Crippen molar-refractivity contribution in [2.24, 2.45) is 11.7 Å². The van der Waals surface area contributed by atoms with Crippen LogP contribution in [0.1, 0.15) is 33.1 Å². The fourth-order valence-corrected chi connectivity index (χ4v) is 2.97. The van der Waals surface area contributed by atoms with Crippen molar-refractivity contribution in [3.8, 4) is 0 Å². The van der Waals surface area contributed by atoms with E-state index in [9.17, 15) is 9.59 Å². The SMILES string of the molecule is CCC(C)C(N)C(=O)N1CCCC1C(=O)N1CCOCC1. The summed E-state index contributed by atoms with van der Waals surface area (Å²) in [6, 6.07) is -0.834. The molecule has 0 radical (unpaired) electrons. The van der Waals surface area contributed by atoms with Gasteiger partial charge in [-0.2, -0.15) is 0 Å². The largest absolute Gasteiger partial charge is 0.378 e. The number of carbonyl (C=O) groups is 2. The molecule has 2 rings (SSSR count). The monoisotopic (exact) mass is 297 g/mol. The van der Waals surface area contributed by atoms with E-state index in [1.807, 2.05) is 18.7 Å². The molecule has 0 aromatic carbocycles. The van der Waals surface area contributed by atoms with Crippen LogP contribution in [-0.4, -0.2) is 66.5 Å². The number of morpholine rings is 1. The van der Waals surface area contributed by atoms with Crippen LogP contribution in [-0.2, 0) is 14.3 Å². The van der Waals surface area contributed by atoms with Crippen molar-refractivity contribution in [3.63, 3.8) is 0 Å². The highest BCUT2D eigenvalue weighted by Crippen LogP contribution is 2.22. The summed E-state index contributed by atoms with van der Waals surface area (Å²) in [6.45, 7) is 7.06. The van der Waals surface area contributed by atoms with Crippen LogP contribution in [0.25, 0.3) is 0 Å². The molecule has 120 valence electrons. The summed E-state index contributed by atoms with van der Waals surface area (Å²) < 4.78 is 5.28. The van der Waals surface area contributed by atoms with Crippen LogP contribution in [0.4, 0.5) is 0 Å². The molecule has 21 heavy (non-hydrogen) atoms. The number of nitrogens with zero attached hydrogens (tertiary/aromatic N) is 2. The molecule has 0 aromatic rings. The molecular weight excluding hydrogens is 270 g/mol. The molecule has 2 heterocycles. The van der Waals surface area contributed by atoms with Crippen molar-refractivity contribution in [1.29, 1.82) is 0 Å². The number of amides is 2. The maximum absolute atomic E-state index is 12.6. The number of nitrogens with two attached hydrogens (primary N) is 1. The zero-order valence-electron chi connectivity index (χ0n) is 13.1. The van der Waals surface area contributed by atoms with Gasteiger partial charge in [0, 0.05) is 19.6 Å². The highest BCUT2D eigenvalue weighted by Gasteiger charge is 2.39. The summed E-state index contributed by atoms with van der Waals surface area (Å²) >= 11 is 0. The molecule has 3 atom stereocenters. The Morgan fingerprint density at radius 1 is 1.29 bits per heavy atom. The second-order valence-electron chi connectivity index (χ2n) is 6.04. The lowest BCUT2D eigenvalue weighted by Gasteiger charge is -2.34. The summed E-state index contributed by atoms with van der Waals surface area (Å²) in [5, 5.41) is 0. The second-order valence-corrected chi connectivity index (χ2v) is 6.04. The molecule has 6 heteroatoms. The molecule has 6 nitrogen and oxygen atoms in total. The molecule has 0 aliphatic carbocycles. The van der Waals surface area contributed by atoms with E-state index in [2.05, 4.69) is 0 Å². The second kappa shape index (κ2) is 7.22. The van der Waals surface area contributed by atoms with E-state index in [0.29, 0.717) is 32.8 Å². The third kappa shape index (κ3) is 3.55. The standard InChI is InChI=1S/C15H27N3O3/c1-3-11(2)13(16)15(20)18-6-4-5-12(18)14(19)17-7-9-21-10-8-17/h11-13H,3-10,16H2,1-2H3. The minimum atomic E-state index is -0.506. The summed E-state index contributed by atoms with van der Waals surface area (Å²) in [5.74, 6) is 0.117. The molecule has 2 amide bonds. The molecule has 2 fully saturated rings. The summed E-state index contributed by atoms with van der Waals surface area (Å²) in [7, 11) is 0. The topological polar surface area (TPSA) is 75.9 Å². The number of likely N-dealkylation sites (tertiary alicyclic amines) is 1. The van der Waals surface area contributed by atoms with Crippen LogP contribution < -0.4 is 5.73 Å². The molecular formula is C15H27N3O3. The first-order valence-electron chi connectivity index (χ1n) is 7.98. The van der Waals surface area contributed by atoms with Crippen LogP contribution in [0.3, 0.4) is 0 Å². The van der Waals surface area contributed by atoms with Gasteiger partial charge in [0.15, 0.2) is 0 Å². The Morgan fingerprint density at radius 3 is 2.57 bits per heavy atom.